The number of nitrogens with one attached hydrogen (secondary N) is 1. The normalized spacial score (nSPS) is 20.9. The maximum absolute atomic E-state index is 12.1. The molecule has 1 amide bonds. The van der Waals surface area contributed by atoms with E-state index in [1.807, 2.05) is 6.07 Å². The van der Waals surface area contributed by atoms with Gasteiger partial charge < -0.3 is 10.2 Å². The van der Waals surface area contributed by atoms with Gasteiger partial charge in [-0.25, -0.2) is 0 Å². The number of likely N-dealkylation sites (N-methyl/N-ethyl adjacent to an activating group) is 1. The van der Waals surface area contributed by atoms with Crippen LogP contribution in [0.3, 0.4) is 0 Å². The van der Waals surface area contributed by atoms with Crippen LogP contribution in [0, 0.1) is 0 Å². The SMILES string of the molecule is CN1CCCCC1CNC(=O)c1cc(Br)sc1Br. The maximum Gasteiger partial charge on any atom is 0.253 e. The molecule has 1 atom stereocenters. The van der Waals surface area contributed by atoms with Gasteiger partial charge >= 0.3 is 0 Å². The molecule has 18 heavy (non-hydrogen) atoms. The molecule has 1 fully saturated rings. The van der Waals surface area contributed by atoms with Gasteiger partial charge in [-0.2, -0.15) is 0 Å². The highest BCUT2D eigenvalue weighted by Gasteiger charge is 2.20. The number of hydrogen-bond donors (Lipinski definition) is 1. The van der Waals surface area contributed by atoms with E-state index in [0.29, 0.717) is 11.6 Å². The van der Waals surface area contributed by atoms with Crippen molar-refractivity contribution < 1.29 is 4.79 Å². The van der Waals surface area contributed by atoms with E-state index in [-0.39, 0.29) is 5.91 Å². The van der Waals surface area contributed by atoms with E-state index in [2.05, 4.69) is 49.1 Å². The van der Waals surface area contributed by atoms with Gasteiger partial charge in [0.25, 0.3) is 5.91 Å². The molecule has 1 aromatic rings. The van der Waals surface area contributed by atoms with Crippen LogP contribution in [0.4, 0.5) is 0 Å². The first-order chi connectivity index (χ1) is 8.58. The quantitative estimate of drug-likeness (QED) is 0.849. The summed E-state index contributed by atoms with van der Waals surface area (Å²) in [5.74, 6) is 0.00259. The molecule has 0 spiro atoms. The van der Waals surface area contributed by atoms with Crippen LogP contribution in [0.15, 0.2) is 13.6 Å². The number of rotatable bonds is 3. The van der Waals surface area contributed by atoms with Crippen LogP contribution in [0.25, 0.3) is 0 Å². The van der Waals surface area contributed by atoms with Crippen molar-refractivity contribution in [3.05, 3.63) is 19.2 Å². The molecule has 2 heterocycles. The number of carbonyl (C=O) groups is 1. The standard InChI is InChI=1S/C12H16Br2N2OS/c1-16-5-3-2-4-8(16)7-15-12(17)9-6-10(13)18-11(9)14/h6,8H,2-5,7H2,1H3,(H,15,17). The van der Waals surface area contributed by atoms with E-state index in [4.69, 9.17) is 0 Å². The van der Waals surface area contributed by atoms with Crippen LogP contribution in [-0.4, -0.2) is 37.0 Å². The summed E-state index contributed by atoms with van der Waals surface area (Å²) in [6.45, 7) is 1.86. The Balaban J connectivity index is 1.90. The molecule has 0 radical (unpaired) electrons. The van der Waals surface area contributed by atoms with Crippen molar-refractivity contribution in [1.29, 1.82) is 0 Å². The molecule has 1 N–H and O–H groups in total. The molecule has 0 bridgehead atoms. The molecule has 0 saturated carbocycles. The first-order valence-corrected chi connectivity index (χ1v) is 8.41. The van der Waals surface area contributed by atoms with Gasteiger partial charge in [0.1, 0.15) is 0 Å². The summed E-state index contributed by atoms with van der Waals surface area (Å²) in [6, 6.07) is 2.33. The Kier molecular flexibility index (Phi) is 5.24. The molecule has 1 unspecified atom stereocenters. The molecular weight excluding hydrogens is 380 g/mol. The summed E-state index contributed by atoms with van der Waals surface area (Å²) in [5, 5.41) is 3.03. The summed E-state index contributed by atoms with van der Waals surface area (Å²) >= 11 is 8.32. The van der Waals surface area contributed by atoms with Crippen molar-refractivity contribution in [1.82, 2.24) is 10.2 Å². The largest absolute Gasteiger partial charge is 0.350 e. The van der Waals surface area contributed by atoms with Crippen LogP contribution in [0.1, 0.15) is 29.6 Å². The van der Waals surface area contributed by atoms with Gasteiger partial charge in [-0.3, -0.25) is 4.79 Å². The molecule has 6 heteroatoms. The number of hydrogen-bond acceptors (Lipinski definition) is 3. The van der Waals surface area contributed by atoms with Gasteiger partial charge in [-0.1, -0.05) is 6.42 Å². The second-order valence-corrected chi connectivity index (χ2v) is 8.33. The molecule has 1 saturated heterocycles. The van der Waals surface area contributed by atoms with Crippen molar-refractivity contribution in [2.24, 2.45) is 0 Å². The smallest absolute Gasteiger partial charge is 0.253 e. The van der Waals surface area contributed by atoms with Crippen molar-refractivity contribution in [2.75, 3.05) is 20.1 Å². The predicted octanol–water partition coefficient (Wildman–Crippen LogP) is 3.49. The fourth-order valence-corrected chi connectivity index (χ4v) is 5.00. The number of nitrogens with zero attached hydrogens (tertiary/aromatic N) is 1. The van der Waals surface area contributed by atoms with E-state index in [9.17, 15) is 4.79 Å². The number of piperidine rings is 1. The lowest BCUT2D eigenvalue weighted by Gasteiger charge is -2.32. The van der Waals surface area contributed by atoms with Crippen LogP contribution >= 0.6 is 43.2 Å². The average Bonchev–Trinajstić information content (AvgIpc) is 2.67. The predicted molar refractivity (Wildman–Crippen MR) is 82.3 cm³/mol. The van der Waals surface area contributed by atoms with Gasteiger partial charge in [0.15, 0.2) is 0 Å². The second kappa shape index (κ2) is 6.50. The van der Waals surface area contributed by atoms with Crippen molar-refractivity contribution >= 4 is 49.1 Å². The third-order valence-corrected chi connectivity index (χ3v) is 5.66. The molecule has 0 aromatic carbocycles. The third kappa shape index (κ3) is 3.56. The fraction of sp³-hybridized carbons (Fsp3) is 0.583. The van der Waals surface area contributed by atoms with Gasteiger partial charge in [0, 0.05) is 12.6 Å². The maximum atomic E-state index is 12.1. The zero-order chi connectivity index (χ0) is 13.1. The highest BCUT2D eigenvalue weighted by molar-refractivity contribution is 9.12. The van der Waals surface area contributed by atoms with Gasteiger partial charge in [0.2, 0.25) is 0 Å². The Bertz CT molecular complexity index is 436. The van der Waals surface area contributed by atoms with Crippen LogP contribution < -0.4 is 5.32 Å². The number of carbonyl (C=O) groups excluding carboxylic acids is 1. The van der Waals surface area contributed by atoms with Crippen LogP contribution in [0.2, 0.25) is 0 Å². The Morgan fingerprint density at radius 1 is 1.56 bits per heavy atom. The molecule has 2 rings (SSSR count). The third-order valence-electron chi connectivity index (χ3n) is 3.32. The Labute approximate surface area is 128 Å². The van der Waals surface area contributed by atoms with E-state index >= 15 is 0 Å². The minimum Gasteiger partial charge on any atom is -0.350 e. The summed E-state index contributed by atoms with van der Waals surface area (Å²) in [5.41, 5.74) is 0.713. The molecule has 1 aromatic heterocycles. The molecular formula is C12H16Br2N2OS. The molecule has 0 aliphatic carbocycles. The van der Waals surface area contributed by atoms with Crippen molar-refractivity contribution in [3.8, 4) is 0 Å². The van der Waals surface area contributed by atoms with Crippen LogP contribution in [0.5, 0.6) is 0 Å². The average molecular weight is 396 g/mol. The minimum atomic E-state index is 0.00259. The molecule has 1 aliphatic heterocycles. The topological polar surface area (TPSA) is 32.3 Å². The highest BCUT2D eigenvalue weighted by atomic mass is 79.9. The fourth-order valence-electron chi connectivity index (χ4n) is 2.20. The Morgan fingerprint density at radius 3 is 2.94 bits per heavy atom. The zero-order valence-corrected chi connectivity index (χ0v) is 14.2. The molecule has 1 aliphatic rings. The number of thiophene rings is 1. The molecule has 3 nitrogen and oxygen atoms in total. The van der Waals surface area contributed by atoms with E-state index < -0.39 is 0 Å². The van der Waals surface area contributed by atoms with Crippen LogP contribution in [-0.2, 0) is 0 Å². The van der Waals surface area contributed by atoms with Crippen molar-refractivity contribution in [2.45, 2.75) is 25.3 Å². The van der Waals surface area contributed by atoms with E-state index in [1.165, 1.54) is 30.6 Å². The summed E-state index contributed by atoms with van der Waals surface area (Å²) in [6.07, 6.45) is 3.70. The summed E-state index contributed by atoms with van der Waals surface area (Å²) < 4.78 is 1.85. The first-order valence-electron chi connectivity index (χ1n) is 6.01. The molecule has 100 valence electrons. The van der Waals surface area contributed by atoms with Gasteiger partial charge in [-0.15, -0.1) is 11.3 Å². The Morgan fingerprint density at radius 2 is 2.33 bits per heavy atom. The monoisotopic (exact) mass is 394 g/mol. The summed E-state index contributed by atoms with van der Waals surface area (Å²) in [4.78, 5) is 14.4. The highest BCUT2D eigenvalue weighted by Crippen LogP contribution is 2.31. The minimum absolute atomic E-state index is 0.00259. The lowest BCUT2D eigenvalue weighted by Crippen LogP contribution is -2.44. The number of likely N-dealkylation sites (tertiary alicyclic amines) is 1. The number of amides is 1. The Hall–Kier alpha value is 0.0900. The lowest BCUT2D eigenvalue weighted by molar-refractivity contribution is 0.0928. The zero-order valence-electron chi connectivity index (χ0n) is 10.2. The second-order valence-electron chi connectivity index (χ2n) is 4.58. The van der Waals surface area contributed by atoms with Gasteiger partial charge in [0.05, 0.1) is 13.1 Å². The first kappa shape index (κ1) is 14.5. The van der Waals surface area contributed by atoms with E-state index in [0.717, 1.165) is 20.7 Å². The lowest BCUT2D eigenvalue weighted by atomic mass is 10.0. The number of halogens is 2. The summed E-state index contributed by atoms with van der Waals surface area (Å²) in [7, 11) is 2.13. The van der Waals surface area contributed by atoms with E-state index in [1.54, 1.807) is 0 Å². The van der Waals surface area contributed by atoms with Crippen molar-refractivity contribution in [3.63, 3.8) is 0 Å². The van der Waals surface area contributed by atoms with Gasteiger partial charge in [-0.05, 0) is 64.4 Å².